The number of aliphatic hydroxyl groups is 1. The van der Waals surface area contributed by atoms with Crippen LogP contribution in [0.4, 0.5) is 17.5 Å². The number of nitrogens with zero attached hydrogens (tertiary/aromatic N) is 4. The molecule has 0 aliphatic heterocycles. The number of rotatable bonds is 6. The van der Waals surface area contributed by atoms with E-state index in [-0.39, 0.29) is 0 Å². The van der Waals surface area contributed by atoms with Crippen LogP contribution in [0.1, 0.15) is 12.5 Å². The molecule has 2 heterocycles. The summed E-state index contributed by atoms with van der Waals surface area (Å²) in [7, 11) is 0. The van der Waals surface area contributed by atoms with Gasteiger partial charge in [0.1, 0.15) is 5.82 Å². The van der Waals surface area contributed by atoms with Crippen molar-refractivity contribution in [1.29, 1.82) is 0 Å². The molecule has 0 radical (unpaired) electrons. The zero-order valence-electron chi connectivity index (χ0n) is 15.8. The Morgan fingerprint density at radius 3 is 2.64 bits per heavy atom. The van der Waals surface area contributed by atoms with E-state index in [4.69, 9.17) is 0 Å². The van der Waals surface area contributed by atoms with Crippen molar-refractivity contribution >= 4 is 28.5 Å². The van der Waals surface area contributed by atoms with Crippen molar-refractivity contribution < 1.29 is 5.11 Å². The Bertz CT molecular complexity index is 1090. The SMILES string of the molecule is Cc1cccc(Nc2nc(NCC(C)O)nc3c2cnn3-c2ccccc2)c1. The van der Waals surface area contributed by atoms with Crippen molar-refractivity contribution in [3.8, 4) is 5.69 Å². The van der Waals surface area contributed by atoms with Crippen LogP contribution >= 0.6 is 0 Å². The summed E-state index contributed by atoms with van der Waals surface area (Å²) in [4.78, 5) is 9.24. The Morgan fingerprint density at radius 1 is 1.07 bits per heavy atom. The molecular formula is C21H22N6O. The van der Waals surface area contributed by atoms with Gasteiger partial charge in [0.15, 0.2) is 5.65 Å². The van der Waals surface area contributed by atoms with E-state index in [1.165, 1.54) is 0 Å². The second kappa shape index (κ2) is 7.66. The fourth-order valence-corrected chi connectivity index (χ4v) is 2.94. The fourth-order valence-electron chi connectivity index (χ4n) is 2.94. The summed E-state index contributed by atoms with van der Waals surface area (Å²) in [5.74, 6) is 1.09. The Hall–Kier alpha value is -3.45. The Labute approximate surface area is 163 Å². The predicted octanol–water partition coefficient (Wildman–Crippen LogP) is 3.66. The minimum absolute atomic E-state index is 0.356. The molecule has 0 aliphatic carbocycles. The summed E-state index contributed by atoms with van der Waals surface area (Å²) < 4.78 is 1.78. The molecule has 0 spiro atoms. The van der Waals surface area contributed by atoms with Crippen LogP contribution in [-0.2, 0) is 0 Å². The molecule has 1 unspecified atom stereocenters. The normalized spacial score (nSPS) is 12.1. The average Bonchev–Trinajstić information content (AvgIpc) is 3.11. The van der Waals surface area contributed by atoms with Gasteiger partial charge in [-0.25, -0.2) is 4.68 Å². The quantitative estimate of drug-likeness (QED) is 0.477. The van der Waals surface area contributed by atoms with E-state index in [1.807, 2.05) is 55.5 Å². The maximum Gasteiger partial charge on any atom is 0.226 e. The number of hydrogen-bond acceptors (Lipinski definition) is 6. The maximum absolute atomic E-state index is 9.60. The van der Waals surface area contributed by atoms with Crippen molar-refractivity contribution in [3.05, 3.63) is 66.4 Å². The van der Waals surface area contributed by atoms with E-state index < -0.39 is 6.10 Å². The first-order valence-corrected chi connectivity index (χ1v) is 9.17. The maximum atomic E-state index is 9.60. The van der Waals surface area contributed by atoms with Crippen molar-refractivity contribution in [2.45, 2.75) is 20.0 Å². The zero-order chi connectivity index (χ0) is 19.5. The van der Waals surface area contributed by atoms with Crippen LogP contribution in [0.3, 0.4) is 0 Å². The van der Waals surface area contributed by atoms with Crippen molar-refractivity contribution in [2.24, 2.45) is 0 Å². The highest BCUT2D eigenvalue weighted by atomic mass is 16.3. The highest BCUT2D eigenvalue weighted by Gasteiger charge is 2.14. The van der Waals surface area contributed by atoms with Crippen molar-refractivity contribution in [2.75, 3.05) is 17.2 Å². The Balaban J connectivity index is 1.81. The number of benzene rings is 2. The number of hydrogen-bond donors (Lipinski definition) is 3. The number of para-hydroxylation sites is 1. The molecule has 0 fully saturated rings. The van der Waals surface area contributed by atoms with E-state index in [0.717, 1.165) is 22.3 Å². The first-order chi connectivity index (χ1) is 13.6. The van der Waals surface area contributed by atoms with Crippen molar-refractivity contribution in [1.82, 2.24) is 19.7 Å². The third-order valence-electron chi connectivity index (χ3n) is 4.27. The molecule has 2 aromatic carbocycles. The smallest absolute Gasteiger partial charge is 0.226 e. The molecule has 7 heteroatoms. The minimum atomic E-state index is -0.508. The van der Waals surface area contributed by atoms with Gasteiger partial charge >= 0.3 is 0 Å². The standard InChI is InChI=1S/C21H22N6O/c1-14-7-6-8-16(11-14)24-19-18-13-23-27(17-9-4-3-5-10-17)20(18)26-21(25-19)22-12-15(2)28/h3-11,13,15,28H,12H2,1-2H3,(H2,22,24,25,26). The molecule has 0 saturated carbocycles. The lowest BCUT2D eigenvalue weighted by Gasteiger charge is -2.12. The number of anilines is 3. The molecule has 1 atom stereocenters. The molecule has 142 valence electrons. The van der Waals surface area contributed by atoms with Gasteiger partial charge in [-0.2, -0.15) is 15.1 Å². The molecule has 0 amide bonds. The van der Waals surface area contributed by atoms with E-state index in [2.05, 4.69) is 31.8 Å². The second-order valence-corrected chi connectivity index (χ2v) is 6.75. The lowest BCUT2D eigenvalue weighted by Crippen LogP contribution is -2.17. The van der Waals surface area contributed by atoms with Gasteiger partial charge in [0.2, 0.25) is 5.95 Å². The molecule has 28 heavy (non-hydrogen) atoms. The van der Waals surface area contributed by atoms with Crippen LogP contribution in [0.2, 0.25) is 0 Å². The molecule has 0 aliphatic rings. The topological polar surface area (TPSA) is 87.9 Å². The summed E-state index contributed by atoms with van der Waals surface area (Å²) in [6.45, 7) is 4.12. The van der Waals surface area contributed by atoms with Gasteiger partial charge in [-0.1, -0.05) is 30.3 Å². The summed E-state index contributed by atoms with van der Waals surface area (Å²) in [5, 5.41) is 21.4. The monoisotopic (exact) mass is 374 g/mol. The van der Waals surface area contributed by atoms with Gasteiger partial charge in [0.05, 0.1) is 23.4 Å². The summed E-state index contributed by atoms with van der Waals surface area (Å²) in [6, 6.07) is 17.9. The van der Waals surface area contributed by atoms with Crippen LogP contribution in [0.25, 0.3) is 16.7 Å². The number of aryl methyl sites for hydroxylation is 1. The van der Waals surface area contributed by atoms with Gasteiger partial charge in [0.25, 0.3) is 0 Å². The largest absolute Gasteiger partial charge is 0.392 e. The van der Waals surface area contributed by atoms with Crippen LogP contribution in [-0.4, -0.2) is 37.5 Å². The summed E-state index contributed by atoms with van der Waals surface area (Å²) in [5.41, 5.74) is 3.69. The molecule has 7 nitrogen and oxygen atoms in total. The molecule has 4 aromatic rings. The Morgan fingerprint density at radius 2 is 1.89 bits per heavy atom. The van der Waals surface area contributed by atoms with Crippen LogP contribution < -0.4 is 10.6 Å². The number of aliphatic hydroxyl groups excluding tert-OH is 1. The third-order valence-corrected chi connectivity index (χ3v) is 4.27. The lowest BCUT2D eigenvalue weighted by molar-refractivity contribution is 0.208. The molecular weight excluding hydrogens is 352 g/mol. The highest BCUT2D eigenvalue weighted by molar-refractivity contribution is 5.90. The number of fused-ring (bicyclic) bond motifs is 1. The van der Waals surface area contributed by atoms with E-state index in [1.54, 1.807) is 17.8 Å². The van der Waals surface area contributed by atoms with Gasteiger partial charge in [-0.15, -0.1) is 0 Å². The number of nitrogens with one attached hydrogen (secondary N) is 2. The van der Waals surface area contributed by atoms with Gasteiger partial charge in [0, 0.05) is 12.2 Å². The number of aromatic nitrogens is 4. The van der Waals surface area contributed by atoms with Crippen molar-refractivity contribution in [3.63, 3.8) is 0 Å². The minimum Gasteiger partial charge on any atom is -0.392 e. The van der Waals surface area contributed by atoms with E-state index in [0.29, 0.717) is 24.0 Å². The van der Waals surface area contributed by atoms with E-state index in [9.17, 15) is 5.11 Å². The first kappa shape index (κ1) is 17.9. The van der Waals surface area contributed by atoms with Crippen LogP contribution in [0.5, 0.6) is 0 Å². The fraction of sp³-hybridized carbons (Fsp3) is 0.190. The lowest BCUT2D eigenvalue weighted by atomic mass is 10.2. The average molecular weight is 374 g/mol. The van der Waals surface area contributed by atoms with E-state index >= 15 is 0 Å². The van der Waals surface area contributed by atoms with Gasteiger partial charge < -0.3 is 15.7 Å². The predicted molar refractivity (Wildman–Crippen MR) is 111 cm³/mol. The van der Waals surface area contributed by atoms with Crippen LogP contribution in [0, 0.1) is 6.92 Å². The van der Waals surface area contributed by atoms with Gasteiger partial charge in [-0.3, -0.25) is 0 Å². The third kappa shape index (κ3) is 3.79. The summed E-state index contributed by atoms with van der Waals surface area (Å²) in [6.07, 6.45) is 1.25. The Kier molecular flexibility index (Phi) is 4.90. The molecule has 2 aromatic heterocycles. The second-order valence-electron chi connectivity index (χ2n) is 6.75. The van der Waals surface area contributed by atoms with Gasteiger partial charge in [-0.05, 0) is 43.7 Å². The zero-order valence-corrected chi connectivity index (χ0v) is 15.8. The molecule has 0 saturated heterocycles. The molecule has 4 rings (SSSR count). The van der Waals surface area contributed by atoms with Crippen LogP contribution in [0.15, 0.2) is 60.8 Å². The first-order valence-electron chi connectivity index (χ1n) is 9.17. The summed E-state index contributed by atoms with van der Waals surface area (Å²) >= 11 is 0. The molecule has 0 bridgehead atoms. The highest BCUT2D eigenvalue weighted by Crippen LogP contribution is 2.27. The molecule has 3 N–H and O–H groups in total.